The highest BCUT2D eigenvalue weighted by Crippen LogP contribution is 2.14. The Morgan fingerprint density at radius 2 is 1.85 bits per heavy atom. The molecule has 0 heterocycles. The van der Waals surface area contributed by atoms with Crippen LogP contribution in [0.15, 0.2) is 24.3 Å². The molecular weight excluding hydrogens is 264 g/mol. The van der Waals surface area contributed by atoms with Gasteiger partial charge >= 0.3 is 11.9 Å². The summed E-state index contributed by atoms with van der Waals surface area (Å²) in [6, 6.07) is 6.53. The largest absolute Gasteiger partial charge is 0.481 e. The number of rotatable bonds is 8. The molecule has 0 saturated carbocycles. The quantitative estimate of drug-likeness (QED) is 0.571. The summed E-state index contributed by atoms with van der Waals surface area (Å²) in [6.45, 7) is 2.10. The third kappa shape index (κ3) is 5.71. The molecule has 0 aromatic heterocycles. The van der Waals surface area contributed by atoms with Crippen LogP contribution in [0.5, 0.6) is 5.75 Å². The lowest BCUT2D eigenvalue weighted by molar-refractivity contribution is -0.152. The molecule has 0 bridgehead atoms. The Balaban J connectivity index is 2.47. The molecule has 0 fully saturated rings. The number of methoxy groups -OCH3 is 1. The summed E-state index contributed by atoms with van der Waals surface area (Å²) in [4.78, 5) is 22.1. The summed E-state index contributed by atoms with van der Waals surface area (Å²) in [7, 11) is 1.52. The van der Waals surface area contributed by atoms with Gasteiger partial charge in [0.2, 0.25) is 0 Å². The Morgan fingerprint density at radius 1 is 1.20 bits per heavy atom. The first-order chi connectivity index (χ1) is 9.52. The zero-order chi connectivity index (χ0) is 15.0. The molecule has 0 aliphatic rings. The van der Waals surface area contributed by atoms with E-state index >= 15 is 0 Å². The predicted molar refractivity (Wildman–Crippen MR) is 70.7 cm³/mol. The molecule has 110 valence electrons. The van der Waals surface area contributed by atoms with Crippen molar-refractivity contribution in [1.82, 2.24) is 0 Å². The van der Waals surface area contributed by atoms with E-state index in [1.54, 1.807) is 31.2 Å². The van der Waals surface area contributed by atoms with Crippen LogP contribution in [-0.2, 0) is 25.5 Å². The van der Waals surface area contributed by atoms with Gasteiger partial charge in [-0.1, -0.05) is 12.1 Å². The van der Waals surface area contributed by atoms with E-state index in [1.807, 2.05) is 0 Å². The molecule has 0 aliphatic carbocycles. The minimum Gasteiger partial charge on any atom is -0.481 e. The van der Waals surface area contributed by atoms with Crippen LogP contribution in [0, 0.1) is 0 Å². The van der Waals surface area contributed by atoms with Crippen LogP contribution in [0.1, 0.15) is 12.5 Å². The average Bonchev–Trinajstić information content (AvgIpc) is 2.40. The molecule has 20 heavy (non-hydrogen) atoms. The first-order valence-corrected chi connectivity index (χ1v) is 6.16. The highest BCUT2D eigenvalue weighted by molar-refractivity contribution is 5.74. The average molecular weight is 282 g/mol. The molecule has 1 rings (SSSR count). The molecule has 1 atom stereocenters. The minimum absolute atomic E-state index is 0.0467. The molecular formula is C14H18O6. The minimum atomic E-state index is -0.895. The maximum Gasteiger partial charge on any atom is 0.347 e. The van der Waals surface area contributed by atoms with Crippen LogP contribution in [0.4, 0.5) is 0 Å². The summed E-state index contributed by atoms with van der Waals surface area (Å²) in [5, 5.41) is 8.65. The maximum atomic E-state index is 11.6. The Kier molecular flexibility index (Phi) is 6.52. The molecule has 0 radical (unpaired) electrons. The lowest BCUT2D eigenvalue weighted by Crippen LogP contribution is -2.27. The number of carboxylic acids is 1. The van der Waals surface area contributed by atoms with Crippen molar-refractivity contribution in [3.63, 3.8) is 0 Å². The topological polar surface area (TPSA) is 82.1 Å². The lowest BCUT2D eigenvalue weighted by Gasteiger charge is -2.14. The summed E-state index contributed by atoms with van der Waals surface area (Å²) in [6.07, 6.45) is -0.785. The van der Waals surface area contributed by atoms with Gasteiger partial charge in [0.1, 0.15) is 12.4 Å². The van der Waals surface area contributed by atoms with Crippen molar-refractivity contribution < 1.29 is 28.9 Å². The Bertz CT molecular complexity index is 439. The summed E-state index contributed by atoms with van der Waals surface area (Å²) >= 11 is 0. The zero-order valence-corrected chi connectivity index (χ0v) is 11.5. The van der Waals surface area contributed by atoms with E-state index in [4.69, 9.17) is 19.3 Å². The van der Waals surface area contributed by atoms with E-state index < -0.39 is 18.0 Å². The Morgan fingerprint density at radius 3 is 2.40 bits per heavy atom. The van der Waals surface area contributed by atoms with Crippen molar-refractivity contribution in [2.75, 3.05) is 20.3 Å². The SMILES string of the molecule is COCCOC(=O)C(C)Oc1ccc(CC(=O)O)cc1. The van der Waals surface area contributed by atoms with Crippen LogP contribution in [0.2, 0.25) is 0 Å². The third-order valence-corrected chi connectivity index (χ3v) is 2.46. The first-order valence-electron chi connectivity index (χ1n) is 6.16. The number of esters is 1. The van der Waals surface area contributed by atoms with Gasteiger partial charge in [0, 0.05) is 7.11 Å². The fraction of sp³-hybridized carbons (Fsp3) is 0.429. The molecule has 6 nitrogen and oxygen atoms in total. The number of benzene rings is 1. The zero-order valence-electron chi connectivity index (χ0n) is 11.5. The van der Waals surface area contributed by atoms with Gasteiger partial charge in [-0.3, -0.25) is 4.79 Å². The van der Waals surface area contributed by atoms with Gasteiger partial charge in [-0.25, -0.2) is 4.79 Å². The molecule has 1 aromatic rings. The third-order valence-electron chi connectivity index (χ3n) is 2.46. The van der Waals surface area contributed by atoms with E-state index in [0.29, 0.717) is 17.9 Å². The van der Waals surface area contributed by atoms with Gasteiger partial charge in [0.15, 0.2) is 6.10 Å². The van der Waals surface area contributed by atoms with E-state index in [0.717, 1.165) is 0 Å². The smallest absolute Gasteiger partial charge is 0.347 e. The summed E-state index contributed by atoms with van der Waals surface area (Å²) in [5.74, 6) is -0.888. The number of aliphatic carboxylic acids is 1. The summed E-state index contributed by atoms with van der Waals surface area (Å²) in [5.41, 5.74) is 0.667. The molecule has 0 amide bonds. The second kappa shape index (κ2) is 8.16. The molecule has 0 aliphatic heterocycles. The van der Waals surface area contributed by atoms with E-state index in [9.17, 15) is 9.59 Å². The maximum absolute atomic E-state index is 11.6. The van der Waals surface area contributed by atoms with E-state index in [1.165, 1.54) is 7.11 Å². The number of carbonyl (C=O) groups is 2. The number of ether oxygens (including phenoxy) is 3. The highest BCUT2D eigenvalue weighted by atomic mass is 16.6. The van der Waals surface area contributed by atoms with Crippen LogP contribution in [0.25, 0.3) is 0 Å². The lowest BCUT2D eigenvalue weighted by atomic mass is 10.1. The van der Waals surface area contributed by atoms with E-state index in [-0.39, 0.29) is 13.0 Å². The van der Waals surface area contributed by atoms with Gasteiger partial charge in [0.05, 0.1) is 13.0 Å². The van der Waals surface area contributed by atoms with Crippen LogP contribution in [-0.4, -0.2) is 43.5 Å². The Labute approximate surface area is 117 Å². The van der Waals surface area contributed by atoms with Gasteiger partial charge in [-0.15, -0.1) is 0 Å². The second-order valence-corrected chi connectivity index (χ2v) is 4.13. The molecule has 1 aromatic carbocycles. The standard InChI is InChI=1S/C14H18O6/c1-10(14(17)19-8-7-18-2)20-12-5-3-11(4-6-12)9-13(15)16/h3-6,10H,7-9H2,1-2H3,(H,15,16). The number of hydrogen-bond donors (Lipinski definition) is 1. The highest BCUT2D eigenvalue weighted by Gasteiger charge is 2.16. The monoisotopic (exact) mass is 282 g/mol. The Hall–Kier alpha value is -2.08. The van der Waals surface area contributed by atoms with Crippen molar-refractivity contribution in [3.8, 4) is 5.75 Å². The van der Waals surface area contributed by atoms with Crippen LogP contribution in [0.3, 0.4) is 0 Å². The van der Waals surface area contributed by atoms with E-state index in [2.05, 4.69) is 0 Å². The molecule has 0 spiro atoms. The number of carboxylic acid groups (broad SMARTS) is 1. The molecule has 0 saturated heterocycles. The van der Waals surface area contributed by atoms with Gasteiger partial charge in [-0.05, 0) is 24.6 Å². The second-order valence-electron chi connectivity index (χ2n) is 4.13. The molecule has 1 N–H and O–H groups in total. The molecule has 1 unspecified atom stereocenters. The van der Waals surface area contributed by atoms with Crippen molar-refractivity contribution in [1.29, 1.82) is 0 Å². The van der Waals surface area contributed by atoms with Crippen molar-refractivity contribution in [2.24, 2.45) is 0 Å². The van der Waals surface area contributed by atoms with Crippen molar-refractivity contribution in [3.05, 3.63) is 29.8 Å². The van der Waals surface area contributed by atoms with Crippen LogP contribution >= 0.6 is 0 Å². The van der Waals surface area contributed by atoms with Gasteiger partial charge in [-0.2, -0.15) is 0 Å². The fourth-order valence-electron chi connectivity index (χ4n) is 1.46. The fourth-order valence-corrected chi connectivity index (χ4v) is 1.46. The number of hydrogen-bond acceptors (Lipinski definition) is 5. The molecule has 6 heteroatoms. The summed E-state index contributed by atoms with van der Waals surface area (Å²) < 4.78 is 15.1. The number of carbonyl (C=O) groups excluding carboxylic acids is 1. The van der Waals surface area contributed by atoms with Gasteiger partial charge in [0.25, 0.3) is 0 Å². The van der Waals surface area contributed by atoms with Crippen molar-refractivity contribution in [2.45, 2.75) is 19.4 Å². The first kappa shape index (κ1) is 16.0. The predicted octanol–water partition coefficient (Wildman–Crippen LogP) is 1.27. The van der Waals surface area contributed by atoms with Crippen molar-refractivity contribution >= 4 is 11.9 Å². The van der Waals surface area contributed by atoms with Crippen LogP contribution < -0.4 is 4.74 Å². The normalized spacial score (nSPS) is 11.7. The van der Waals surface area contributed by atoms with Gasteiger partial charge < -0.3 is 19.3 Å².